The van der Waals surface area contributed by atoms with Crippen molar-refractivity contribution in [2.75, 3.05) is 12.4 Å². The van der Waals surface area contributed by atoms with Gasteiger partial charge in [0.15, 0.2) is 0 Å². The molecule has 0 spiro atoms. The quantitative estimate of drug-likeness (QED) is 0.859. The van der Waals surface area contributed by atoms with Gasteiger partial charge in [-0.3, -0.25) is 4.79 Å². The first-order valence-electron chi connectivity index (χ1n) is 6.27. The fraction of sp³-hybridized carbons (Fsp3) is 0.125. The Labute approximate surface area is 131 Å². The summed E-state index contributed by atoms with van der Waals surface area (Å²) in [5.41, 5.74) is 2.37. The fourth-order valence-corrected chi connectivity index (χ4v) is 2.30. The van der Waals surface area contributed by atoms with E-state index in [0.717, 1.165) is 5.56 Å². The number of rotatable bonds is 3. The van der Waals surface area contributed by atoms with Crippen LogP contribution in [0.2, 0.25) is 0 Å². The highest BCUT2D eigenvalue weighted by Crippen LogP contribution is 2.21. The van der Waals surface area contributed by atoms with E-state index in [1.165, 1.54) is 7.11 Å². The van der Waals surface area contributed by atoms with Crippen molar-refractivity contribution in [3.05, 3.63) is 63.6 Å². The second-order valence-corrected chi connectivity index (χ2v) is 5.31. The molecule has 0 aliphatic rings. The van der Waals surface area contributed by atoms with Crippen molar-refractivity contribution in [3.8, 4) is 0 Å². The van der Waals surface area contributed by atoms with E-state index in [1.54, 1.807) is 36.4 Å². The van der Waals surface area contributed by atoms with E-state index in [-0.39, 0.29) is 5.91 Å². The van der Waals surface area contributed by atoms with Gasteiger partial charge in [-0.15, -0.1) is 0 Å². The van der Waals surface area contributed by atoms with Crippen LogP contribution in [0.25, 0.3) is 0 Å². The van der Waals surface area contributed by atoms with Crippen molar-refractivity contribution in [2.24, 2.45) is 0 Å². The summed E-state index contributed by atoms with van der Waals surface area (Å²) in [5.74, 6) is -0.681. The van der Waals surface area contributed by atoms with Crippen LogP contribution in [0.15, 0.2) is 46.9 Å². The number of anilines is 1. The lowest BCUT2D eigenvalue weighted by atomic mass is 10.1. The number of methoxy groups -OCH3 is 1. The van der Waals surface area contributed by atoms with E-state index in [4.69, 9.17) is 0 Å². The van der Waals surface area contributed by atoms with E-state index >= 15 is 0 Å². The van der Waals surface area contributed by atoms with Crippen molar-refractivity contribution >= 4 is 33.5 Å². The van der Waals surface area contributed by atoms with Gasteiger partial charge >= 0.3 is 5.97 Å². The van der Waals surface area contributed by atoms with Crippen molar-refractivity contribution in [1.29, 1.82) is 0 Å². The SMILES string of the molecule is COC(=O)c1ccc(C)c(NC(=O)c2ccccc2Br)c1. The number of esters is 1. The molecule has 0 radical (unpaired) electrons. The van der Waals surface area contributed by atoms with Gasteiger partial charge in [-0.2, -0.15) is 0 Å². The van der Waals surface area contributed by atoms with Crippen LogP contribution in [0.1, 0.15) is 26.3 Å². The molecule has 0 saturated heterocycles. The maximum Gasteiger partial charge on any atom is 0.337 e. The summed E-state index contributed by atoms with van der Waals surface area (Å²) in [7, 11) is 1.32. The van der Waals surface area contributed by atoms with Gasteiger partial charge < -0.3 is 10.1 Å². The number of halogens is 1. The number of benzene rings is 2. The molecule has 0 aromatic heterocycles. The summed E-state index contributed by atoms with van der Waals surface area (Å²) < 4.78 is 5.39. The summed E-state index contributed by atoms with van der Waals surface area (Å²) in [6, 6.07) is 12.2. The zero-order valence-corrected chi connectivity index (χ0v) is 13.2. The predicted octanol–water partition coefficient (Wildman–Crippen LogP) is 3.80. The van der Waals surface area contributed by atoms with E-state index < -0.39 is 5.97 Å². The first-order chi connectivity index (χ1) is 10.0. The van der Waals surface area contributed by atoms with Gasteiger partial charge in [0.2, 0.25) is 0 Å². The van der Waals surface area contributed by atoms with E-state index in [2.05, 4.69) is 26.0 Å². The van der Waals surface area contributed by atoms with Crippen LogP contribution in [0, 0.1) is 6.92 Å². The van der Waals surface area contributed by atoms with Crippen LogP contribution < -0.4 is 5.32 Å². The van der Waals surface area contributed by atoms with Crippen LogP contribution in [-0.2, 0) is 4.74 Å². The maximum absolute atomic E-state index is 12.3. The lowest BCUT2D eigenvalue weighted by molar-refractivity contribution is 0.0600. The van der Waals surface area contributed by atoms with Gasteiger partial charge in [0.05, 0.1) is 18.2 Å². The molecule has 0 saturated carbocycles. The lowest BCUT2D eigenvalue weighted by Gasteiger charge is -2.11. The minimum atomic E-state index is -0.439. The third-order valence-electron chi connectivity index (χ3n) is 3.03. The molecular formula is C16H14BrNO3. The Bertz CT molecular complexity index is 698. The standard InChI is InChI=1S/C16H14BrNO3/c1-10-7-8-11(16(20)21-2)9-14(10)18-15(19)12-5-3-4-6-13(12)17/h3-9H,1-2H3,(H,18,19). The van der Waals surface area contributed by atoms with Gasteiger partial charge in [0, 0.05) is 10.2 Å². The van der Waals surface area contributed by atoms with Crippen LogP contribution in [0.3, 0.4) is 0 Å². The molecule has 5 heteroatoms. The van der Waals surface area contributed by atoms with Gasteiger partial charge in [0.25, 0.3) is 5.91 Å². The van der Waals surface area contributed by atoms with E-state index in [9.17, 15) is 9.59 Å². The minimum Gasteiger partial charge on any atom is -0.465 e. The first-order valence-corrected chi connectivity index (χ1v) is 7.07. The zero-order chi connectivity index (χ0) is 15.4. The lowest BCUT2D eigenvalue weighted by Crippen LogP contribution is -2.14. The van der Waals surface area contributed by atoms with Gasteiger partial charge in [0.1, 0.15) is 0 Å². The maximum atomic E-state index is 12.3. The molecule has 2 aromatic rings. The molecule has 0 bridgehead atoms. The summed E-state index contributed by atoms with van der Waals surface area (Å²) in [6.07, 6.45) is 0. The van der Waals surface area contributed by atoms with Crippen molar-refractivity contribution < 1.29 is 14.3 Å². The van der Waals surface area contributed by atoms with Crippen LogP contribution in [-0.4, -0.2) is 19.0 Å². The number of ether oxygens (including phenoxy) is 1. The Balaban J connectivity index is 2.29. The number of nitrogens with one attached hydrogen (secondary N) is 1. The normalized spacial score (nSPS) is 10.0. The van der Waals surface area contributed by atoms with Gasteiger partial charge in [-0.25, -0.2) is 4.79 Å². The smallest absolute Gasteiger partial charge is 0.337 e. The van der Waals surface area contributed by atoms with Gasteiger partial charge in [-0.1, -0.05) is 18.2 Å². The Hall–Kier alpha value is -2.14. The Morgan fingerprint density at radius 1 is 1.14 bits per heavy atom. The van der Waals surface area contributed by atoms with Gasteiger partial charge in [-0.05, 0) is 52.7 Å². The number of hydrogen-bond acceptors (Lipinski definition) is 3. The number of carbonyl (C=O) groups is 2. The van der Waals surface area contributed by atoms with Crippen molar-refractivity contribution in [1.82, 2.24) is 0 Å². The highest BCUT2D eigenvalue weighted by atomic mass is 79.9. The molecule has 108 valence electrons. The zero-order valence-electron chi connectivity index (χ0n) is 11.6. The van der Waals surface area contributed by atoms with Crippen LogP contribution >= 0.6 is 15.9 Å². The second kappa shape index (κ2) is 6.54. The van der Waals surface area contributed by atoms with Crippen molar-refractivity contribution in [3.63, 3.8) is 0 Å². The minimum absolute atomic E-state index is 0.243. The van der Waals surface area contributed by atoms with Crippen LogP contribution in [0.4, 0.5) is 5.69 Å². The molecule has 0 heterocycles. The molecular weight excluding hydrogens is 334 g/mol. The number of aryl methyl sites for hydroxylation is 1. The second-order valence-electron chi connectivity index (χ2n) is 4.46. The van der Waals surface area contributed by atoms with Crippen molar-refractivity contribution in [2.45, 2.75) is 6.92 Å². The highest BCUT2D eigenvalue weighted by Gasteiger charge is 2.13. The summed E-state index contributed by atoms with van der Waals surface area (Å²) >= 11 is 3.34. The summed E-state index contributed by atoms with van der Waals surface area (Å²) in [6.45, 7) is 1.86. The third-order valence-corrected chi connectivity index (χ3v) is 3.72. The first kappa shape index (κ1) is 15.3. The molecule has 2 aromatic carbocycles. The molecule has 2 rings (SSSR count). The van der Waals surface area contributed by atoms with E-state index in [0.29, 0.717) is 21.3 Å². The summed E-state index contributed by atoms with van der Waals surface area (Å²) in [5, 5.41) is 2.81. The molecule has 21 heavy (non-hydrogen) atoms. The number of amides is 1. The number of hydrogen-bond donors (Lipinski definition) is 1. The highest BCUT2D eigenvalue weighted by molar-refractivity contribution is 9.10. The molecule has 0 atom stereocenters. The predicted molar refractivity (Wildman–Crippen MR) is 84.6 cm³/mol. The third kappa shape index (κ3) is 3.49. The molecule has 0 aliphatic carbocycles. The summed E-state index contributed by atoms with van der Waals surface area (Å²) in [4.78, 5) is 23.8. The molecule has 1 N–H and O–H groups in total. The molecule has 4 nitrogen and oxygen atoms in total. The fourth-order valence-electron chi connectivity index (χ4n) is 1.84. The molecule has 0 unspecified atom stereocenters. The molecule has 0 aliphatic heterocycles. The number of carbonyl (C=O) groups excluding carboxylic acids is 2. The topological polar surface area (TPSA) is 55.4 Å². The van der Waals surface area contributed by atoms with E-state index in [1.807, 2.05) is 13.0 Å². The Morgan fingerprint density at radius 2 is 1.86 bits per heavy atom. The molecule has 1 amide bonds. The average molecular weight is 348 g/mol. The Kier molecular flexibility index (Phi) is 4.75. The average Bonchev–Trinajstić information content (AvgIpc) is 2.49. The monoisotopic (exact) mass is 347 g/mol. The van der Waals surface area contributed by atoms with Crippen LogP contribution in [0.5, 0.6) is 0 Å². The molecule has 0 fully saturated rings. The Morgan fingerprint density at radius 3 is 2.52 bits per heavy atom. The largest absolute Gasteiger partial charge is 0.465 e.